The third-order valence-electron chi connectivity index (χ3n) is 3.60. The lowest BCUT2D eigenvalue weighted by molar-refractivity contribution is 0.401. The summed E-state index contributed by atoms with van der Waals surface area (Å²) in [6.45, 7) is 2.10. The molecule has 0 spiro atoms. The second kappa shape index (κ2) is 5.93. The summed E-state index contributed by atoms with van der Waals surface area (Å²) in [7, 11) is 1.71. The molecule has 0 unspecified atom stereocenters. The standard InChI is InChI=1S/C14H21BrN2O/c1-9-7-10(15)8-13(18-2)14(9)17-12-5-3-11(16)4-6-12/h7-8,11-12,17H,3-6,16H2,1-2H3. The van der Waals surface area contributed by atoms with Crippen molar-refractivity contribution < 1.29 is 4.74 Å². The quantitative estimate of drug-likeness (QED) is 0.898. The first-order chi connectivity index (χ1) is 8.60. The van der Waals surface area contributed by atoms with E-state index in [4.69, 9.17) is 10.5 Å². The van der Waals surface area contributed by atoms with Gasteiger partial charge in [0.1, 0.15) is 5.75 Å². The Morgan fingerprint density at radius 2 is 1.94 bits per heavy atom. The van der Waals surface area contributed by atoms with Gasteiger partial charge in [0.05, 0.1) is 12.8 Å². The smallest absolute Gasteiger partial charge is 0.143 e. The molecule has 1 fully saturated rings. The van der Waals surface area contributed by atoms with Crippen molar-refractivity contribution in [3.8, 4) is 5.75 Å². The summed E-state index contributed by atoms with van der Waals surface area (Å²) in [4.78, 5) is 0. The van der Waals surface area contributed by atoms with E-state index < -0.39 is 0 Å². The number of nitrogens with one attached hydrogen (secondary N) is 1. The van der Waals surface area contributed by atoms with Gasteiger partial charge in [-0.05, 0) is 50.3 Å². The van der Waals surface area contributed by atoms with Crippen LogP contribution in [-0.4, -0.2) is 19.2 Å². The Balaban J connectivity index is 2.13. The van der Waals surface area contributed by atoms with Gasteiger partial charge in [0, 0.05) is 16.6 Å². The number of rotatable bonds is 3. The Hall–Kier alpha value is -0.740. The van der Waals surface area contributed by atoms with E-state index in [9.17, 15) is 0 Å². The first-order valence-corrected chi connectivity index (χ1v) is 7.25. The van der Waals surface area contributed by atoms with E-state index >= 15 is 0 Å². The molecule has 1 aromatic carbocycles. The molecule has 0 aliphatic heterocycles. The monoisotopic (exact) mass is 312 g/mol. The number of ether oxygens (including phenoxy) is 1. The van der Waals surface area contributed by atoms with Crippen LogP contribution in [0.3, 0.4) is 0 Å². The van der Waals surface area contributed by atoms with Crippen LogP contribution in [0.4, 0.5) is 5.69 Å². The Kier molecular flexibility index (Phi) is 4.51. The molecular formula is C14H21BrN2O. The van der Waals surface area contributed by atoms with Crippen molar-refractivity contribution in [2.24, 2.45) is 5.73 Å². The zero-order chi connectivity index (χ0) is 13.1. The number of halogens is 1. The summed E-state index contributed by atoms with van der Waals surface area (Å²) in [5.41, 5.74) is 8.25. The van der Waals surface area contributed by atoms with E-state index in [2.05, 4.69) is 34.2 Å². The summed E-state index contributed by atoms with van der Waals surface area (Å²) in [6, 6.07) is 5.01. The fourth-order valence-corrected chi connectivity index (χ4v) is 3.08. The van der Waals surface area contributed by atoms with Gasteiger partial charge >= 0.3 is 0 Å². The van der Waals surface area contributed by atoms with Crippen LogP contribution in [0.1, 0.15) is 31.2 Å². The zero-order valence-corrected chi connectivity index (χ0v) is 12.6. The molecule has 18 heavy (non-hydrogen) atoms. The van der Waals surface area contributed by atoms with Crippen molar-refractivity contribution in [1.29, 1.82) is 0 Å². The highest BCUT2D eigenvalue weighted by molar-refractivity contribution is 9.10. The van der Waals surface area contributed by atoms with Gasteiger partial charge in [-0.15, -0.1) is 0 Å². The van der Waals surface area contributed by atoms with Crippen LogP contribution in [0.2, 0.25) is 0 Å². The Morgan fingerprint density at radius 3 is 2.56 bits per heavy atom. The van der Waals surface area contributed by atoms with E-state index in [1.807, 2.05) is 6.07 Å². The van der Waals surface area contributed by atoms with E-state index in [1.165, 1.54) is 5.56 Å². The van der Waals surface area contributed by atoms with Gasteiger partial charge in [-0.2, -0.15) is 0 Å². The Bertz CT molecular complexity index is 415. The maximum absolute atomic E-state index is 5.94. The molecule has 3 N–H and O–H groups in total. The summed E-state index contributed by atoms with van der Waals surface area (Å²) in [5, 5.41) is 3.62. The molecule has 1 aliphatic rings. The summed E-state index contributed by atoms with van der Waals surface area (Å²) < 4.78 is 6.50. The minimum absolute atomic E-state index is 0.385. The summed E-state index contributed by atoms with van der Waals surface area (Å²) in [6.07, 6.45) is 4.49. The maximum Gasteiger partial charge on any atom is 0.143 e. The molecule has 0 atom stereocenters. The molecule has 1 saturated carbocycles. The molecule has 1 aromatic rings. The minimum Gasteiger partial charge on any atom is -0.495 e. The normalized spacial score (nSPS) is 23.8. The first-order valence-electron chi connectivity index (χ1n) is 6.46. The number of methoxy groups -OCH3 is 1. The molecule has 0 heterocycles. The zero-order valence-electron chi connectivity index (χ0n) is 11.0. The molecule has 0 saturated heterocycles. The van der Waals surface area contributed by atoms with Crippen molar-refractivity contribution in [3.05, 3.63) is 22.2 Å². The Morgan fingerprint density at radius 1 is 1.28 bits per heavy atom. The van der Waals surface area contributed by atoms with Crippen LogP contribution in [0.15, 0.2) is 16.6 Å². The summed E-state index contributed by atoms with van der Waals surface area (Å²) in [5.74, 6) is 0.900. The predicted molar refractivity (Wildman–Crippen MR) is 79.3 cm³/mol. The third kappa shape index (κ3) is 3.18. The van der Waals surface area contributed by atoms with Gasteiger partial charge in [0.15, 0.2) is 0 Å². The van der Waals surface area contributed by atoms with Gasteiger partial charge < -0.3 is 15.8 Å². The number of nitrogens with two attached hydrogens (primary N) is 1. The van der Waals surface area contributed by atoms with Crippen molar-refractivity contribution >= 4 is 21.6 Å². The van der Waals surface area contributed by atoms with E-state index in [0.717, 1.165) is 41.6 Å². The highest BCUT2D eigenvalue weighted by Gasteiger charge is 2.20. The predicted octanol–water partition coefficient (Wildman–Crippen LogP) is 3.45. The molecular weight excluding hydrogens is 292 g/mol. The van der Waals surface area contributed by atoms with Crippen molar-refractivity contribution in [3.63, 3.8) is 0 Å². The number of hydrogen-bond acceptors (Lipinski definition) is 3. The lowest BCUT2D eigenvalue weighted by Gasteiger charge is -2.29. The van der Waals surface area contributed by atoms with Gasteiger partial charge in [0.25, 0.3) is 0 Å². The number of hydrogen-bond donors (Lipinski definition) is 2. The second-order valence-electron chi connectivity index (χ2n) is 5.06. The van der Waals surface area contributed by atoms with Gasteiger partial charge in [-0.1, -0.05) is 15.9 Å². The maximum atomic E-state index is 5.94. The van der Waals surface area contributed by atoms with E-state index in [-0.39, 0.29) is 0 Å². The first kappa shape index (κ1) is 13.7. The topological polar surface area (TPSA) is 47.3 Å². The van der Waals surface area contributed by atoms with Crippen LogP contribution in [0, 0.1) is 6.92 Å². The Labute approximate surface area is 117 Å². The molecule has 100 valence electrons. The van der Waals surface area contributed by atoms with Crippen LogP contribution >= 0.6 is 15.9 Å². The second-order valence-corrected chi connectivity index (χ2v) is 5.97. The van der Waals surface area contributed by atoms with Crippen LogP contribution < -0.4 is 15.8 Å². The van der Waals surface area contributed by atoms with E-state index in [0.29, 0.717) is 12.1 Å². The third-order valence-corrected chi connectivity index (χ3v) is 4.06. The van der Waals surface area contributed by atoms with Crippen molar-refractivity contribution in [2.75, 3.05) is 12.4 Å². The number of benzene rings is 1. The molecule has 0 amide bonds. The highest BCUT2D eigenvalue weighted by Crippen LogP contribution is 2.34. The number of anilines is 1. The molecule has 3 nitrogen and oxygen atoms in total. The van der Waals surface area contributed by atoms with Gasteiger partial charge in [-0.3, -0.25) is 0 Å². The average Bonchev–Trinajstić information content (AvgIpc) is 2.34. The highest BCUT2D eigenvalue weighted by atomic mass is 79.9. The molecule has 1 aliphatic carbocycles. The SMILES string of the molecule is COc1cc(Br)cc(C)c1NC1CCC(N)CC1. The van der Waals surface area contributed by atoms with Gasteiger partial charge in [-0.25, -0.2) is 0 Å². The van der Waals surface area contributed by atoms with Gasteiger partial charge in [0.2, 0.25) is 0 Å². The lowest BCUT2D eigenvalue weighted by atomic mass is 9.91. The average molecular weight is 313 g/mol. The fourth-order valence-electron chi connectivity index (χ4n) is 2.53. The lowest BCUT2D eigenvalue weighted by Crippen LogP contribution is -2.33. The molecule has 2 rings (SSSR count). The fraction of sp³-hybridized carbons (Fsp3) is 0.571. The molecule has 4 heteroatoms. The summed E-state index contributed by atoms with van der Waals surface area (Å²) >= 11 is 3.50. The van der Waals surface area contributed by atoms with Crippen molar-refractivity contribution in [1.82, 2.24) is 0 Å². The van der Waals surface area contributed by atoms with Crippen LogP contribution in [0.25, 0.3) is 0 Å². The molecule has 0 bridgehead atoms. The molecule has 0 radical (unpaired) electrons. The molecule has 0 aromatic heterocycles. The minimum atomic E-state index is 0.385. The van der Waals surface area contributed by atoms with Crippen LogP contribution in [0.5, 0.6) is 5.75 Å². The number of aryl methyl sites for hydroxylation is 1. The largest absolute Gasteiger partial charge is 0.495 e. The van der Waals surface area contributed by atoms with Crippen molar-refractivity contribution in [2.45, 2.75) is 44.7 Å². The van der Waals surface area contributed by atoms with E-state index in [1.54, 1.807) is 7.11 Å². The van der Waals surface area contributed by atoms with Crippen LogP contribution in [-0.2, 0) is 0 Å².